The number of rotatable bonds is 4. The van der Waals surface area contributed by atoms with Crippen LogP contribution in [0.2, 0.25) is 5.02 Å². The molecule has 0 radical (unpaired) electrons. The van der Waals surface area contributed by atoms with Gasteiger partial charge in [0, 0.05) is 19.0 Å². The second-order valence-electron chi connectivity index (χ2n) is 5.17. The van der Waals surface area contributed by atoms with E-state index in [1.54, 1.807) is 20.0 Å². The van der Waals surface area contributed by atoms with Crippen molar-refractivity contribution in [2.24, 2.45) is 0 Å². The van der Waals surface area contributed by atoms with Crippen molar-refractivity contribution in [1.82, 2.24) is 20.0 Å². The van der Waals surface area contributed by atoms with Crippen LogP contribution >= 0.6 is 11.6 Å². The first kappa shape index (κ1) is 15.4. The molecule has 2 aromatic heterocycles. The number of carbonyl (C=O) groups is 1. The van der Waals surface area contributed by atoms with E-state index >= 15 is 0 Å². The van der Waals surface area contributed by atoms with Crippen LogP contribution in [0.5, 0.6) is 0 Å². The molecule has 0 N–H and O–H groups in total. The van der Waals surface area contributed by atoms with Crippen molar-refractivity contribution in [3.05, 3.63) is 40.3 Å². The van der Waals surface area contributed by atoms with Gasteiger partial charge in [0.2, 0.25) is 0 Å². The van der Waals surface area contributed by atoms with Gasteiger partial charge in [0.1, 0.15) is 17.3 Å². The minimum Gasteiger partial charge on any atom is -0.361 e. The van der Waals surface area contributed by atoms with Crippen molar-refractivity contribution in [2.75, 3.05) is 7.05 Å². The predicted molar refractivity (Wildman–Crippen MR) is 78.2 cm³/mol. The van der Waals surface area contributed by atoms with Gasteiger partial charge in [-0.15, -0.1) is 0 Å². The monoisotopic (exact) mass is 308 g/mol. The van der Waals surface area contributed by atoms with E-state index in [0.717, 1.165) is 0 Å². The number of halogens is 1. The molecule has 2 heterocycles. The average Bonchev–Trinajstić information content (AvgIpc) is 2.83. The van der Waals surface area contributed by atoms with Gasteiger partial charge in [0.05, 0.1) is 17.8 Å². The van der Waals surface area contributed by atoms with Crippen molar-refractivity contribution >= 4 is 17.5 Å². The summed E-state index contributed by atoms with van der Waals surface area (Å²) in [6.07, 6.45) is 1.46. The van der Waals surface area contributed by atoms with E-state index in [1.165, 1.54) is 11.1 Å². The van der Waals surface area contributed by atoms with Crippen LogP contribution in [0.4, 0.5) is 0 Å². The summed E-state index contributed by atoms with van der Waals surface area (Å²) in [4.78, 5) is 22.3. The van der Waals surface area contributed by atoms with E-state index < -0.39 is 0 Å². The number of amides is 1. The van der Waals surface area contributed by atoms with Crippen LogP contribution in [0.25, 0.3) is 0 Å². The van der Waals surface area contributed by atoms with Crippen LogP contribution in [-0.2, 0) is 6.54 Å². The Labute approximate surface area is 128 Å². The van der Waals surface area contributed by atoms with Crippen LogP contribution in [0.15, 0.2) is 16.8 Å². The van der Waals surface area contributed by atoms with Gasteiger partial charge < -0.3 is 9.42 Å². The highest BCUT2D eigenvalue weighted by Crippen LogP contribution is 2.18. The maximum Gasteiger partial charge on any atom is 0.274 e. The molecular formula is C14H17ClN4O2. The van der Waals surface area contributed by atoms with E-state index in [0.29, 0.717) is 23.8 Å². The molecule has 0 aromatic carbocycles. The molecule has 0 saturated carbocycles. The fourth-order valence-corrected chi connectivity index (χ4v) is 1.97. The van der Waals surface area contributed by atoms with Crippen molar-refractivity contribution in [3.8, 4) is 0 Å². The van der Waals surface area contributed by atoms with E-state index in [-0.39, 0.29) is 22.5 Å². The normalized spacial score (nSPS) is 11.0. The molecule has 7 heteroatoms. The lowest BCUT2D eigenvalue weighted by atomic mass is 10.2. The fraction of sp³-hybridized carbons (Fsp3) is 0.429. The molecule has 0 aliphatic rings. The molecule has 6 nitrogen and oxygen atoms in total. The maximum absolute atomic E-state index is 12.4. The zero-order chi connectivity index (χ0) is 15.6. The van der Waals surface area contributed by atoms with Crippen molar-refractivity contribution in [1.29, 1.82) is 0 Å². The summed E-state index contributed by atoms with van der Waals surface area (Å²) in [7, 11) is 1.67. The van der Waals surface area contributed by atoms with Crippen molar-refractivity contribution in [2.45, 2.75) is 33.2 Å². The summed E-state index contributed by atoms with van der Waals surface area (Å²) in [6, 6.07) is 1.78. The fourth-order valence-electron chi connectivity index (χ4n) is 1.80. The topological polar surface area (TPSA) is 72.1 Å². The summed E-state index contributed by atoms with van der Waals surface area (Å²) in [5, 5.41) is 4.11. The molecule has 0 atom stereocenters. The Morgan fingerprint density at radius 2 is 2.19 bits per heavy atom. The molecule has 1 amide bonds. The van der Waals surface area contributed by atoms with Crippen LogP contribution in [0, 0.1) is 6.92 Å². The van der Waals surface area contributed by atoms with Crippen LogP contribution in [0.1, 0.15) is 47.5 Å². The number of hydrogen-bond acceptors (Lipinski definition) is 5. The number of aryl methyl sites for hydroxylation is 1. The summed E-state index contributed by atoms with van der Waals surface area (Å²) in [5.41, 5.74) is 0.885. The lowest BCUT2D eigenvalue weighted by Gasteiger charge is -2.16. The molecule has 0 unspecified atom stereocenters. The molecule has 0 saturated heterocycles. The Bertz CT molecular complexity index is 654. The number of hydrogen-bond donors (Lipinski definition) is 0. The van der Waals surface area contributed by atoms with Crippen LogP contribution in [-0.4, -0.2) is 33.0 Å². The van der Waals surface area contributed by atoms with Gasteiger partial charge in [0.25, 0.3) is 5.91 Å². The predicted octanol–water partition coefficient (Wildman–Crippen LogP) is 2.82. The van der Waals surface area contributed by atoms with E-state index in [4.69, 9.17) is 16.1 Å². The molecule has 0 bridgehead atoms. The third-order valence-electron chi connectivity index (χ3n) is 2.90. The van der Waals surface area contributed by atoms with Gasteiger partial charge in [-0.2, -0.15) is 0 Å². The van der Waals surface area contributed by atoms with Gasteiger partial charge in [-0.05, 0) is 6.92 Å². The average molecular weight is 309 g/mol. The SMILES string of the molecule is Cc1cc(CN(C)C(=O)c2nc(C(C)C)ncc2Cl)no1. The summed E-state index contributed by atoms with van der Waals surface area (Å²) in [6.45, 7) is 6.04. The Morgan fingerprint density at radius 3 is 2.76 bits per heavy atom. The Balaban J connectivity index is 2.20. The lowest BCUT2D eigenvalue weighted by molar-refractivity contribution is 0.0776. The van der Waals surface area contributed by atoms with Gasteiger partial charge in [0.15, 0.2) is 5.69 Å². The highest BCUT2D eigenvalue weighted by atomic mass is 35.5. The second kappa shape index (κ2) is 6.22. The molecule has 21 heavy (non-hydrogen) atoms. The third-order valence-corrected chi connectivity index (χ3v) is 3.18. The number of nitrogens with zero attached hydrogens (tertiary/aromatic N) is 4. The Hall–Kier alpha value is -1.95. The minimum absolute atomic E-state index is 0.123. The molecule has 0 aliphatic carbocycles. The Morgan fingerprint density at radius 1 is 1.48 bits per heavy atom. The molecule has 2 aromatic rings. The first-order valence-corrected chi connectivity index (χ1v) is 6.96. The summed E-state index contributed by atoms with van der Waals surface area (Å²) >= 11 is 6.04. The highest BCUT2D eigenvalue weighted by Gasteiger charge is 2.20. The van der Waals surface area contributed by atoms with Crippen molar-refractivity contribution < 1.29 is 9.32 Å². The van der Waals surface area contributed by atoms with Gasteiger partial charge in [-0.25, -0.2) is 9.97 Å². The van der Waals surface area contributed by atoms with Gasteiger partial charge in [-0.3, -0.25) is 4.79 Å². The summed E-state index contributed by atoms with van der Waals surface area (Å²) in [5.74, 6) is 1.14. The molecular weight excluding hydrogens is 292 g/mol. The van der Waals surface area contributed by atoms with Crippen molar-refractivity contribution in [3.63, 3.8) is 0 Å². The standard InChI is InChI=1S/C14H17ClN4O2/c1-8(2)13-16-6-11(15)12(17-13)14(20)19(4)7-10-5-9(3)21-18-10/h5-6,8H,7H2,1-4H3. The number of aromatic nitrogens is 3. The lowest BCUT2D eigenvalue weighted by Crippen LogP contribution is -2.28. The molecule has 0 spiro atoms. The molecule has 112 valence electrons. The van der Waals surface area contributed by atoms with E-state index in [2.05, 4.69) is 15.1 Å². The largest absolute Gasteiger partial charge is 0.361 e. The Kier molecular flexibility index (Phi) is 4.57. The second-order valence-corrected chi connectivity index (χ2v) is 5.58. The molecule has 0 aliphatic heterocycles. The minimum atomic E-state index is -0.273. The molecule has 2 rings (SSSR count). The quantitative estimate of drug-likeness (QED) is 0.868. The zero-order valence-corrected chi connectivity index (χ0v) is 13.2. The molecule has 0 fully saturated rings. The number of carbonyl (C=O) groups excluding carboxylic acids is 1. The zero-order valence-electron chi connectivity index (χ0n) is 12.4. The smallest absolute Gasteiger partial charge is 0.274 e. The van der Waals surface area contributed by atoms with Crippen LogP contribution < -0.4 is 0 Å². The van der Waals surface area contributed by atoms with E-state index in [9.17, 15) is 4.79 Å². The third kappa shape index (κ3) is 3.58. The summed E-state index contributed by atoms with van der Waals surface area (Å²) < 4.78 is 4.99. The first-order chi connectivity index (χ1) is 9.88. The van der Waals surface area contributed by atoms with E-state index in [1.807, 2.05) is 13.8 Å². The highest BCUT2D eigenvalue weighted by molar-refractivity contribution is 6.33. The first-order valence-electron chi connectivity index (χ1n) is 6.58. The van der Waals surface area contributed by atoms with Gasteiger partial charge >= 0.3 is 0 Å². The van der Waals surface area contributed by atoms with Crippen LogP contribution in [0.3, 0.4) is 0 Å². The maximum atomic E-state index is 12.4. The van der Waals surface area contributed by atoms with Gasteiger partial charge in [-0.1, -0.05) is 30.6 Å².